The summed E-state index contributed by atoms with van der Waals surface area (Å²) in [4.78, 5) is 38.6. The van der Waals surface area contributed by atoms with Crippen molar-refractivity contribution in [2.45, 2.75) is 40.0 Å². The van der Waals surface area contributed by atoms with Crippen molar-refractivity contribution in [2.75, 3.05) is 23.9 Å². The van der Waals surface area contributed by atoms with Gasteiger partial charge in [0.15, 0.2) is 5.82 Å². The number of nitrogens with one attached hydrogen (secondary N) is 1. The third-order valence-electron chi connectivity index (χ3n) is 6.75. The number of hydrogen-bond acceptors (Lipinski definition) is 8. The van der Waals surface area contributed by atoms with Crippen LogP contribution >= 0.6 is 0 Å². The molecule has 0 spiro atoms. The number of anilines is 2. The van der Waals surface area contributed by atoms with Gasteiger partial charge in [-0.15, -0.1) is 10.2 Å². The lowest BCUT2D eigenvalue weighted by atomic mass is 10.1. The zero-order chi connectivity index (χ0) is 27.7. The molecule has 1 aromatic carbocycles. The molecule has 0 fully saturated rings. The fourth-order valence-corrected chi connectivity index (χ4v) is 4.42. The summed E-state index contributed by atoms with van der Waals surface area (Å²) >= 11 is 0. The summed E-state index contributed by atoms with van der Waals surface area (Å²) in [6.45, 7) is 6.15. The molecule has 0 bridgehead atoms. The molecule has 2 amide bonds. The number of rotatable bonds is 7. The number of nitrogens with zero attached hydrogens (tertiary/aromatic N) is 7. The normalized spacial score (nSPS) is 12.6. The number of alkyl carbamates (subject to hydrolysis) is 1. The van der Waals surface area contributed by atoms with E-state index in [0.717, 1.165) is 11.5 Å². The molecule has 4 aromatic rings. The van der Waals surface area contributed by atoms with Crippen LogP contribution < -0.4 is 15.1 Å². The van der Waals surface area contributed by atoms with Gasteiger partial charge in [0.25, 0.3) is 5.91 Å². The van der Waals surface area contributed by atoms with Gasteiger partial charge in [-0.3, -0.25) is 14.3 Å². The molecule has 4 heterocycles. The van der Waals surface area contributed by atoms with Gasteiger partial charge in [-0.2, -0.15) is 0 Å². The Morgan fingerprint density at radius 1 is 1.10 bits per heavy atom. The molecule has 0 saturated carbocycles. The quantitative estimate of drug-likeness (QED) is 0.385. The molecule has 0 unspecified atom stereocenters. The van der Waals surface area contributed by atoms with Crippen molar-refractivity contribution < 1.29 is 14.3 Å². The van der Waals surface area contributed by atoms with Gasteiger partial charge in [-0.05, 0) is 51.1 Å². The molecular formula is C28H30N8O3. The zero-order valence-corrected chi connectivity index (χ0v) is 22.5. The maximum absolute atomic E-state index is 13.7. The van der Waals surface area contributed by atoms with Crippen LogP contribution in [-0.2, 0) is 17.9 Å². The van der Waals surface area contributed by atoms with Gasteiger partial charge in [-0.25, -0.2) is 14.8 Å². The van der Waals surface area contributed by atoms with Crippen LogP contribution in [0, 0.1) is 6.92 Å². The van der Waals surface area contributed by atoms with Crippen molar-refractivity contribution in [1.29, 1.82) is 0 Å². The second kappa shape index (κ2) is 10.5. The largest absolute Gasteiger partial charge is 0.443 e. The molecule has 1 aliphatic heterocycles. The molecule has 1 aliphatic rings. The van der Waals surface area contributed by atoms with Crippen molar-refractivity contribution in [2.24, 2.45) is 0 Å². The van der Waals surface area contributed by atoms with Crippen molar-refractivity contribution in [3.05, 3.63) is 77.2 Å². The molecule has 200 valence electrons. The third-order valence-corrected chi connectivity index (χ3v) is 6.75. The van der Waals surface area contributed by atoms with Crippen LogP contribution in [0.3, 0.4) is 0 Å². The molecule has 11 nitrogen and oxygen atoms in total. The first kappa shape index (κ1) is 25.8. The van der Waals surface area contributed by atoms with Gasteiger partial charge < -0.3 is 15.0 Å². The summed E-state index contributed by atoms with van der Waals surface area (Å²) in [5, 5.41) is 11.1. The molecule has 11 heteroatoms. The Bertz CT molecular complexity index is 1530. The second-order valence-electron chi connectivity index (χ2n) is 9.50. The lowest BCUT2D eigenvalue weighted by Gasteiger charge is -2.23. The van der Waals surface area contributed by atoms with E-state index in [2.05, 4.69) is 15.5 Å². The van der Waals surface area contributed by atoms with Gasteiger partial charge in [0, 0.05) is 31.4 Å². The SMILES string of the molecule is CNC(=O)OCc1nc(N(C)C(C)C)cc2c1CN(c1cccc(-c3nnc(C)n3-c3ccccc3)n1)C2=O. The van der Waals surface area contributed by atoms with Gasteiger partial charge in [-0.1, -0.05) is 24.3 Å². The van der Waals surface area contributed by atoms with E-state index in [-0.39, 0.29) is 25.1 Å². The van der Waals surface area contributed by atoms with Crippen LogP contribution in [0.25, 0.3) is 17.2 Å². The third kappa shape index (κ3) is 4.90. The van der Waals surface area contributed by atoms with E-state index < -0.39 is 6.09 Å². The van der Waals surface area contributed by atoms with Crippen LogP contribution in [0.4, 0.5) is 16.4 Å². The summed E-state index contributed by atoms with van der Waals surface area (Å²) in [7, 11) is 3.41. The van der Waals surface area contributed by atoms with E-state index in [4.69, 9.17) is 14.7 Å². The lowest BCUT2D eigenvalue weighted by Crippen LogP contribution is -2.27. The summed E-state index contributed by atoms with van der Waals surface area (Å²) in [6, 6.07) is 17.2. The standard InChI is InChI=1S/C28H30N8O3/c1-17(2)34(5)25-14-20-21(23(31-25)16-39-28(38)29-4)15-35(27(20)37)24-13-9-12-22(30-24)26-33-32-18(3)36(26)19-10-7-6-8-11-19/h6-14,17H,15-16H2,1-5H3,(H,29,38). The monoisotopic (exact) mass is 526 g/mol. The van der Waals surface area contributed by atoms with Crippen LogP contribution in [0.1, 0.15) is 41.3 Å². The minimum absolute atomic E-state index is 0.0597. The first-order valence-corrected chi connectivity index (χ1v) is 12.6. The Morgan fingerprint density at radius 3 is 2.59 bits per heavy atom. The van der Waals surface area contributed by atoms with E-state index in [1.165, 1.54) is 7.05 Å². The number of ether oxygens (including phenoxy) is 1. The number of benzene rings is 1. The number of hydrogen-bond donors (Lipinski definition) is 1. The van der Waals surface area contributed by atoms with Crippen LogP contribution in [-0.4, -0.2) is 56.9 Å². The average Bonchev–Trinajstić information content (AvgIpc) is 3.51. The van der Waals surface area contributed by atoms with Crippen LogP contribution in [0.15, 0.2) is 54.6 Å². The fraction of sp³-hybridized carbons (Fsp3) is 0.286. The van der Waals surface area contributed by atoms with E-state index in [0.29, 0.717) is 40.0 Å². The maximum atomic E-state index is 13.7. The molecule has 0 saturated heterocycles. The second-order valence-corrected chi connectivity index (χ2v) is 9.50. The highest BCUT2D eigenvalue weighted by Gasteiger charge is 2.34. The number of fused-ring (bicyclic) bond motifs is 1. The number of pyridine rings is 2. The van der Waals surface area contributed by atoms with E-state index in [9.17, 15) is 9.59 Å². The zero-order valence-electron chi connectivity index (χ0n) is 22.5. The molecule has 0 radical (unpaired) electrons. The van der Waals surface area contributed by atoms with Gasteiger partial charge in [0.05, 0.1) is 17.8 Å². The van der Waals surface area contributed by atoms with Gasteiger partial charge >= 0.3 is 6.09 Å². The highest BCUT2D eigenvalue weighted by Crippen LogP contribution is 2.33. The van der Waals surface area contributed by atoms with E-state index >= 15 is 0 Å². The van der Waals surface area contributed by atoms with Crippen molar-refractivity contribution in [3.8, 4) is 17.2 Å². The first-order chi connectivity index (χ1) is 18.8. The fourth-order valence-electron chi connectivity index (χ4n) is 4.42. The summed E-state index contributed by atoms with van der Waals surface area (Å²) in [5.74, 6) is 2.21. The maximum Gasteiger partial charge on any atom is 0.407 e. The molecule has 3 aromatic heterocycles. The summed E-state index contributed by atoms with van der Waals surface area (Å²) in [6.07, 6.45) is -0.568. The van der Waals surface area contributed by atoms with Crippen LogP contribution in [0.5, 0.6) is 0 Å². The smallest absolute Gasteiger partial charge is 0.407 e. The number of aromatic nitrogens is 5. The highest BCUT2D eigenvalue weighted by atomic mass is 16.5. The number of aryl methyl sites for hydroxylation is 1. The Hall–Kier alpha value is -4.80. The molecule has 0 aliphatic carbocycles. The number of carbonyl (C=O) groups excluding carboxylic acids is 2. The van der Waals surface area contributed by atoms with Crippen LogP contribution in [0.2, 0.25) is 0 Å². The first-order valence-electron chi connectivity index (χ1n) is 12.6. The number of para-hydroxylation sites is 1. The van der Waals surface area contributed by atoms with Crippen molar-refractivity contribution in [3.63, 3.8) is 0 Å². The van der Waals surface area contributed by atoms with Crippen molar-refractivity contribution >= 4 is 23.6 Å². The minimum atomic E-state index is -0.568. The molecule has 39 heavy (non-hydrogen) atoms. The lowest BCUT2D eigenvalue weighted by molar-refractivity contribution is 0.0996. The number of amides is 2. The predicted octanol–water partition coefficient (Wildman–Crippen LogP) is 3.89. The van der Waals surface area contributed by atoms with E-state index in [1.54, 1.807) is 17.0 Å². The molecule has 0 atom stereocenters. The average molecular weight is 527 g/mol. The predicted molar refractivity (Wildman–Crippen MR) is 147 cm³/mol. The minimum Gasteiger partial charge on any atom is -0.443 e. The Morgan fingerprint density at radius 2 is 1.87 bits per heavy atom. The Labute approximate surface area is 226 Å². The topological polar surface area (TPSA) is 118 Å². The Balaban J connectivity index is 1.52. The van der Waals surface area contributed by atoms with Gasteiger partial charge in [0.1, 0.15) is 29.8 Å². The molecule has 5 rings (SSSR count). The van der Waals surface area contributed by atoms with Gasteiger partial charge in [0.2, 0.25) is 0 Å². The van der Waals surface area contributed by atoms with E-state index in [1.807, 2.05) is 79.8 Å². The highest BCUT2D eigenvalue weighted by molar-refractivity contribution is 6.10. The summed E-state index contributed by atoms with van der Waals surface area (Å²) in [5.41, 5.74) is 3.26. The Kier molecular flexibility index (Phi) is 6.97. The number of carbonyl (C=O) groups is 2. The molecule has 1 N–H and O–H groups in total. The summed E-state index contributed by atoms with van der Waals surface area (Å²) < 4.78 is 7.24. The van der Waals surface area contributed by atoms with Crippen molar-refractivity contribution in [1.82, 2.24) is 30.0 Å². The molecular weight excluding hydrogens is 496 g/mol.